The molecule has 0 aromatic carbocycles. The number of nitrogens with one attached hydrogen (secondary N) is 1. The molecule has 90 valence electrons. The first-order valence-corrected chi connectivity index (χ1v) is 5.32. The molecule has 1 rings (SSSR count). The van der Waals surface area contributed by atoms with E-state index in [0.717, 1.165) is 17.7 Å². The second-order valence-corrected chi connectivity index (χ2v) is 3.68. The molecule has 1 aromatic heterocycles. The van der Waals surface area contributed by atoms with E-state index >= 15 is 0 Å². The van der Waals surface area contributed by atoms with E-state index in [4.69, 9.17) is 9.26 Å². The zero-order valence-corrected chi connectivity index (χ0v) is 10.0. The summed E-state index contributed by atoms with van der Waals surface area (Å²) in [5.41, 5.74) is 1.66. The molecule has 16 heavy (non-hydrogen) atoms. The standard InChI is InChI=1S/C11H18N2O3/c1-8-10(9(2)16-13-8)7-11(14)12-5-4-6-15-3/h4-7H2,1-3H3,(H,12,14). The summed E-state index contributed by atoms with van der Waals surface area (Å²) in [6, 6.07) is 0. The number of ether oxygens (including phenoxy) is 1. The van der Waals surface area contributed by atoms with Crippen LogP contribution in [0.3, 0.4) is 0 Å². The Balaban J connectivity index is 2.34. The molecule has 0 saturated carbocycles. The number of carbonyl (C=O) groups is 1. The van der Waals surface area contributed by atoms with Crippen molar-refractivity contribution in [3.63, 3.8) is 0 Å². The van der Waals surface area contributed by atoms with E-state index in [1.807, 2.05) is 13.8 Å². The van der Waals surface area contributed by atoms with Gasteiger partial charge in [-0.25, -0.2) is 0 Å². The summed E-state index contributed by atoms with van der Waals surface area (Å²) in [4.78, 5) is 11.6. The second-order valence-electron chi connectivity index (χ2n) is 3.68. The highest BCUT2D eigenvalue weighted by atomic mass is 16.5. The SMILES string of the molecule is COCCCNC(=O)Cc1c(C)noc1C. The average molecular weight is 226 g/mol. The van der Waals surface area contributed by atoms with Crippen LogP contribution in [0.5, 0.6) is 0 Å². The summed E-state index contributed by atoms with van der Waals surface area (Å²) in [6.45, 7) is 4.94. The molecule has 0 bridgehead atoms. The van der Waals surface area contributed by atoms with Gasteiger partial charge in [0.15, 0.2) is 0 Å². The van der Waals surface area contributed by atoms with Crippen LogP contribution in [0, 0.1) is 13.8 Å². The molecule has 0 unspecified atom stereocenters. The van der Waals surface area contributed by atoms with Crippen molar-refractivity contribution in [1.82, 2.24) is 10.5 Å². The first kappa shape index (κ1) is 12.7. The third-order valence-electron chi connectivity index (χ3n) is 2.37. The van der Waals surface area contributed by atoms with Gasteiger partial charge in [0, 0.05) is 25.8 Å². The number of aryl methyl sites for hydroxylation is 2. The van der Waals surface area contributed by atoms with Crippen molar-refractivity contribution in [2.24, 2.45) is 0 Å². The summed E-state index contributed by atoms with van der Waals surface area (Å²) >= 11 is 0. The number of rotatable bonds is 6. The van der Waals surface area contributed by atoms with Gasteiger partial charge in [0.2, 0.25) is 5.91 Å². The van der Waals surface area contributed by atoms with Gasteiger partial charge < -0.3 is 14.6 Å². The number of hydrogen-bond acceptors (Lipinski definition) is 4. The molecular weight excluding hydrogens is 208 g/mol. The van der Waals surface area contributed by atoms with Crippen LogP contribution in [0.1, 0.15) is 23.4 Å². The molecule has 5 heteroatoms. The van der Waals surface area contributed by atoms with Gasteiger partial charge in [-0.1, -0.05) is 5.16 Å². The van der Waals surface area contributed by atoms with Crippen molar-refractivity contribution in [2.45, 2.75) is 26.7 Å². The van der Waals surface area contributed by atoms with Gasteiger partial charge >= 0.3 is 0 Å². The summed E-state index contributed by atoms with van der Waals surface area (Å²) in [5, 5.41) is 6.63. The van der Waals surface area contributed by atoms with Crippen molar-refractivity contribution >= 4 is 5.91 Å². The van der Waals surface area contributed by atoms with Crippen LogP contribution in [0.15, 0.2) is 4.52 Å². The molecule has 0 atom stereocenters. The van der Waals surface area contributed by atoms with Crippen LogP contribution in [-0.2, 0) is 16.0 Å². The maximum absolute atomic E-state index is 11.6. The monoisotopic (exact) mass is 226 g/mol. The molecule has 1 heterocycles. The maximum Gasteiger partial charge on any atom is 0.224 e. The predicted octanol–water partition coefficient (Wildman–Crippen LogP) is 0.987. The van der Waals surface area contributed by atoms with Gasteiger partial charge in [-0.15, -0.1) is 0 Å². The Kier molecular flexibility index (Phi) is 4.98. The topological polar surface area (TPSA) is 64.4 Å². The highest BCUT2D eigenvalue weighted by Crippen LogP contribution is 2.12. The van der Waals surface area contributed by atoms with E-state index in [1.165, 1.54) is 0 Å². The van der Waals surface area contributed by atoms with Crippen LogP contribution >= 0.6 is 0 Å². The molecular formula is C11H18N2O3. The maximum atomic E-state index is 11.6. The lowest BCUT2D eigenvalue weighted by molar-refractivity contribution is -0.120. The second kappa shape index (κ2) is 6.27. The van der Waals surface area contributed by atoms with E-state index in [9.17, 15) is 4.79 Å². The molecule has 5 nitrogen and oxygen atoms in total. The van der Waals surface area contributed by atoms with Crippen LogP contribution in [0.2, 0.25) is 0 Å². The minimum atomic E-state index is -0.00879. The van der Waals surface area contributed by atoms with E-state index in [0.29, 0.717) is 25.3 Å². The zero-order chi connectivity index (χ0) is 12.0. The van der Waals surface area contributed by atoms with Crippen LogP contribution in [-0.4, -0.2) is 31.3 Å². The van der Waals surface area contributed by atoms with Gasteiger partial charge in [0.05, 0.1) is 12.1 Å². The number of carbonyl (C=O) groups excluding carboxylic acids is 1. The highest BCUT2D eigenvalue weighted by molar-refractivity contribution is 5.78. The Morgan fingerprint density at radius 1 is 1.50 bits per heavy atom. The van der Waals surface area contributed by atoms with E-state index < -0.39 is 0 Å². The smallest absolute Gasteiger partial charge is 0.224 e. The third-order valence-corrected chi connectivity index (χ3v) is 2.37. The van der Waals surface area contributed by atoms with E-state index in [-0.39, 0.29) is 5.91 Å². The van der Waals surface area contributed by atoms with Gasteiger partial charge in [0.1, 0.15) is 5.76 Å². The van der Waals surface area contributed by atoms with Crippen molar-refractivity contribution in [1.29, 1.82) is 0 Å². The lowest BCUT2D eigenvalue weighted by atomic mass is 10.1. The van der Waals surface area contributed by atoms with Crippen LogP contribution < -0.4 is 5.32 Å². The van der Waals surface area contributed by atoms with E-state index in [1.54, 1.807) is 7.11 Å². The highest BCUT2D eigenvalue weighted by Gasteiger charge is 2.12. The summed E-state index contributed by atoms with van der Waals surface area (Å²) in [5.74, 6) is 0.704. The zero-order valence-electron chi connectivity index (χ0n) is 10.0. The third kappa shape index (κ3) is 3.66. The summed E-state index contributed by atoms with van der Waals surface area (Å²) in [6.07, 6.45) is 1.15. The van der Waals surface area contributed by atoms with Gasteiger partial charge in [-0.3, -0.25) is 4.79 Å². The van der Waals surface area contributed by atoms with Crippen LogP contribution in [0.4, 0.5) is 0 Å². The molecule has 0 aliphatic heterocycles. The number of hydrogen-bond donors (Lipinski definition) is 1. The van der Waals surface area contributed by atoms with Crippen molar-refractivity contribution in [2.75, 3.05) is 20.3 Å². The Morgan fingerprint density at radius 2 is 2.25 bits per heavy atom. The fraction of sp³-hybridized carbons (Fsp3) is 0.636. The molecule has 0 aliphatic rings. The Hall–Kier alpha value is -1.36. The molecule has 1 amide bonds. The van der Waals surface area contributed by atoms with Gasteiger partial charge in [-0.2, -0.15) is 0 Å². The average Bonchev–Trinajstić information content (AvgIpc) is 2.56. The minimum Gasteiger partial charge on any atom is -0.385 e. The quantitative estimate of drug-likeness (QED) is 0.734. The minimum absolute atomic E-state index is 0.00879. The van der Waals surface area contributed by atoms with E-state index in [2.05, 4.69) is 10.5 Å². The number of methoxy groups -OCH3 is 1. The molecule has 0 saturated heterocycles. The lowest BCUT2D eigenvalue weighted by Gasteiger charge is -2.04. The Bertz CT molecular complexity index is 327. The van der Waals surface area contributed by atoms with Gasteiger partial charge in [-0.05, 0) is 20.3 Å². The van der Waals surface area contributed by atoms with Crippen LogP contribution in [0.25, 0.3) is 0 Å². The van der Waals surface area contributed by atoms with Crippen molar-refractivity contribution < 1.29 is 14.1 Å². The first-order chi connectivity index (χ1) is 7.65. The number of amides is 1. The first-order valence-electron chi connectivity index (χ1n) is 5.32. The lowest BCUT2D eigenvalue weighted by Crippen LogP contribution is -2.27. The normalized spacial score (nSPS) is 10.4. The van der Waals surface area contributed by atoms with Crippen molar-refractivity contribution in [3.8, 4) is 0 Å². The summed E-state index contributed by atoms with van der Waals surface area (Å²) in [7, 11) is 1.64. The molecule has 0 aliphatic carbocycles. The molecule has 0 radical (unpaired) electrons. The number of aromatic nitrogens is 1. The largest absolute Gasteiger partial charge is 0.385 e. The fourth-order valence-corrected chi connectivity index (χ4v) is 1.42. The summed E-state index contributed by atoms with van der Waals surface area (Å²) < 4.78 is 9.88. The van der Waals surface area contributed by atoms with Gasteiger partial charge in [0.25, 0.3) is 0 Å². The molecule has 0 spiro atoms. The van der Waals surface area contributed by atoms with Crippen molar-refractivity contribution in [3.05, 3.63) is 17.0 Å². The fourth-order valence-electron chi connectivity index (χ4n) is 1.42. The Morgan fingerprint density at radius 3 is 2.81 bits per heavy atom. The number of nitrogens with zero attached hydrogens (tertiary/aromatic N) is 1. The molecule has 0 fully saturated rings. The predicted molar refractivity (Wildman–Crippen MR) is 59.2 cm³/mol. The molecule has 1 aromatic rings. The molecule has 1 N–H and O–H groups in total. The Labute approximate surface area is 95.1 Å².